The monoisotopic (exact) mass is 465 g/mol. The van der Waals surface area contributed by atoms with Crippen molar-refractivity contribution in [1.82, 2.24) is 10.6 Å². The molecule has 0 spiro atoms. The first kappa shape index (κ1) is 23.0. The van der Waals surface area contributed by atoms with Crippen LogP contribution in [0.1, 0.15) is 28.8 Å². The Hall–Kier alpha value is -2.68. The Kier molecular flexibility index (Phi) is 7.48. The highest BCUT2D eigenvalue weighted by molar-refractivity contribution is 6.35. The van der Waals surface area contributed by atoms with E-state index in [0.29, 0.717) is 42.6 Å². The van der Waals surface area contributed by atoms with Crippen molar-refractivity contribution in [2.75, 3.05) is 26.3 Å². The number of hydrogen-bond donors (Lipinski definition) is 2. The molecule has 10 heteroatoms. The van der Waals surface area contributed by atoms with Gasteiger partial charge in [-0.1, -0.05) is 35.3 Å². The van der Waals surface area contributed by atoms with Crippen LogP contribution in [0.25, 0.3) is 0 Å². The number of benzene rings is 2. The summed E-state index contributed by atoms with van der Waals surface area (Å²) in [6, 6.07) is 10.6. The molecule has 1 aliphatic heterocycles. The minimum absolute atomic E-state index is 0.107. The van der Waals surface area contributed by atoms with Crippen LogP contribution < -0.4 is 10.6 Å². The second-order valence-electron chi connectivity index (χ2n) is 7.28. The van der Waals surface area contributed by atoms with E-state index >= 15 is 0 Å². The van der Waals surface area contributed by atoms with E-state index in [0.717, 1.165) is 11.6 Å². The van der Waals surface area contributed by atoms with Gasteiger partial charge in [-0.2, -0.15) is 0 Å². The van der Waals surface area contributed by atoms with E-state index in [9.17, 15) is 19.7 Å². The molecule has 8 nitrogen and oxygen atoms in total. The highest BCUT2D eigenvalue weighted by Gasteiger charge is 2.36. The Bertz CT molecular complexity index is 993. The van der Waals surface area contributed by atoms with Crippen LogP contribution >= 0.6 is 23.2 Å². The molecule has 0 radical (unpaired) electrons. The van der Waals surface area contributed by atoms with E-state index in [-0.39, 0.29) is 23.7 Å². The number of amides is 2. The number of rotatable bonds is 7. The van der Waals surface area contributed by atoms with Gasteiger partial charge in [-0.3, -0.25) is 19.7 Å². The summed E-state index contributed by atoms with van der Waals surface area (Å²) in [5.41, 5.74) is 0.400. The van der Waals surface area contributed by atoms with Crippen LogP contribution in [0.2, 0.25) is 10.0 Å². The van der Waals surface area contributed by atoms with Gasteiger partial charge in [-0.25, -0.2) is 0 Å². The molecule has 0 aliphatic carbocycles. The number of nitro benzene ring substituents is 1. The van der Waals surface area contributed by atoms with Gasteiger partial charge in [0.2, 0.25) is 5.91 Å². The summed E-state index contributed by atoms with van der Waals surface area (Å²) in [5.74, 6) is -0.949. The Morgan fingerprint density at radius 1 is 1.10 bits per heavy atom. The lowest BCUT2D eigenvalue weighted by Crippen LogP contribution is -2.47. The minimum Gasteiger partial charge on any atom is -0.381 e. The maximum Gasteiger partial charge on any atom is 0.270 e. The van der Waals surface area contributed by atoms with E-state index in [1.165, 1.54) is 18.2 Å². The van der Waals surface area contributed by atoms with Crippen LogP contribution in [-0.4, -0.2) is 43.0 Å². The molecule has 31 heavy (non-hydrogen) atoms. The standard InChI is InChI=1S/C21H21Cl2N3O5/c22-15-4-5-17(18(23)11-15)21(6-8-31-9-7-21)13-25-19(27)12-24-20(28)14-2-1-3-16(10-14)26(29)30/h1-5,10-11H,6-9,12-13H2,(H,24,28)(H,25,27). The molecule has 2 amide bonds. The maximum absolute atomic E-state index is 12.4. The summed E-state index contributed by atoms with van der Waals surface area (Å²) >= 11 is 12.5. The second kappa shape index (κ2) is 10.1. The topological polar surface area (TPSA) is 111 Å². The van der Waals surface area contributed by atoms with Crippen molar-refractivity contribution in [2.45, 2.75) is 18.3 Å². The summed E-state index contributed by atoms with van der Waals surface area (Å²) in [6.07, 6.45) is 1.35. The molecular formula is C21H21Cl2N3O5. The van der Waals surface area contributed by atoms with Crippen LogP contribution in [-0.2, 0) is 14.9 Å². The van der Waals surface area contributed by atoms with Gasteiger partial charge < -0.3 is 15.4 Å². The SMILES string of the molecule is O=C(CNC(=O)c1cccc([N+](=O)[O-])c1)NCC1(c2ccc(Cl)cc2Cl)CCOCC1. The van der Waals surface area contributed by atoms with Crippen molar-refractivity contribution < 1.29 is 19.2 Å². The second-order valence-corrected chi connectivity index (χ2v) is 8.13. The van der Waals surface area contributed by atoms with Gasteiger partial charge in [0.1, 0.15) is 0 Å². The van der Waals surface area contributed by atoms with E-state index < -0.39 is 16.2 Å². The number of nitro groups is 1. The molecule has 3 rings (SSSR count). The number of nitrogens with one attached hydrogen (secondary N) is 2. The fourth-order valence-corrected chi connectivity index (χ4v) is 4.19. The van der Waals surface area contributed by atoms with Crippen molar-refractivity contribution in [3.05, 3.63) is 73.8 Å². The molecule has 1 fully saturated rings. The van der Waals surface area contributed by atoms with Crippen LogP contribution in [0.4, 0.5) is 5.69 Å². The van der Waals surface area contributed by atoms with Gasteiger partial charge in [0.15, 0.2) is 0 Å². The van der Waals surface area contributed by atoms with E-state index in [4.69, 9.17) is 27.9 Å². The van der Waals surface area contributed by atoms with Crippen molar-refractivity contribution in [2.24, 2.45) is 0 Å². The Morgan fingerprint density at radius 3 is 2.52 bits per heavy atom. The Balaban J connectivity index is 1.62. The Labute approximate surface area is 189 Å². The predicted octanol–water partition coefficient (Wildman–Crippen LogP) is 3.50. The zero-order chi connectivity index (χ0) is 22.4. The smallest absolute Gasteiger partial charge is 0.270 e. The number of ether oxygens (including phenoxy) is 1. The van der Waals surface area contributed by atoms with Crippen molar-refractivity contribution in [3.8, 4) is 0 Å². The normalized spacial score (nSPS) is 15.2. The first-order valence-corrected chi connectivity index (χ1v) is 10.4. The van der Waals surface area contributed by atoms with Crippen LogP contribution in [0.3, 0.4) is 0 Å². The molecule has 0 saturated carbocycles. The third-order valence-electron chi connectivity index (χ3n) is 5.30. The van der Waals surface area contributed by atoms with Gasteiger partial charge in [0.05, 0.1) is 11.5 Å². The predicted molar refractivity (Wildman–Crippen MR) is 117 cm³/mol. The molecule has 1 heterocycles. The molecule has 1 saturated heterocycles. The fraction of sp³-hybridized carbons (Fsp3) is 0.333. The van der Waals surface area contributed by atoms with E-state index in [1.54, 1.807) is 12.1 Å². The first-order chi connectivity index (χ1) is 14.8. The van der Waals surface area contributed by atoms with Crippen molar-refractivity contribution >= 4 is 40.7 Å². The van der Waals surface area contributed by atoms with E-state index in [2.05, 4.69) is 10.6 Å². The van der Waals surface area contributed by atoms with Crippen LogP contribution in [0.15, 0.2) is 42.5 Å². The van der Waals surface area contributed by atoms with Gasteiger partial charge in [-0.05, 0) is 36.6 Å². The van der Waals surface area contributed by atoms with Crippen LogP contribution in [0, 0.1) is 10.1 Å². The summed E-state index contributed by atoms with van der Waals surface area (Å²) in [5, 5.41) is 17.3. The van der Waals surface area contributed by atoms with Crippen molar-refractivity contribution in [3.63, 3.8) is 0 Å². The minimum atomic E-state index is -0.585. The molecule has 2 N–H and O–H groups in total. The molecule has 1 aliphatic rings. The maximum atomic E-state index is 12.4. The third-order valence-corrected chi connectivity index (χ3v) is 5.85. The average Bonchev–Trinajstić information content (AvgIpc) is 2.76. The average molecular weight is 466 g/mol. The largest absolute Gasteiger partial charge is 0.381 e. The quantitative estimate of drug-likeness (QED) is 0.480. The molecule has 164 valence electrons. The van der Waals surface area contributed by atoms with Gasteiger partial charge in [0, 0.05) is 52.9 Å². The summed E-state index contributed by atoms with van der Waals surface area (Å²) in [7, 11) is 0. The van der Waals surface area contributed by atoms with Crippen molar-refractivity contribution in [1.29, 1.82) is 0 Å². The molecular weight excluding hydrogens is 445 g/mol. The first-order valence-electron chi connectivity index (χ1n) is 9.63. The summed E-state index contributed by atoms with van der Waals surface area (Å²) in [6.45, 7) is 1.14. The van der Waals surface area contributed by atoms with Gasteiger partial charge in [-0.15, -0.1) is 0 Å². The zero-order valence-corrected chi connectivity index (χ0v) is 18.0. The highest BCUT2D eigenvalue weighted by Crippen LogP contribution is 2.39. The third kappa shape index (κ3) is 5.72. The lowest BCUT2D eigenvalue weighted by Gasteiger charge is -2.38. The zero-order valence-electron chi connectivity index (χ0n) is 16.5. The number of carbonyl (C=O) groups is 2. The van der Waals surface area contributed by atoms with E-state index in [1.807, 2.05) is 6.07 Å². The molecule has 2 aromatic carbocycles. The lowest BCUT2D eigenvalue weighted by atomic mass is 9.74. The summed E-state index contributed by atoms with van der Waals surface area (Å²) in [4.78, 5) is 34.9. The number of non-ortho nitro benzene ring substituents is 1. The lowest BCUT2D eigenvalue weighted by molar-refractivity contribution is -0.384. The molecule has 0 unspecified atom stereocenters. The molecule has 0 atom stereocenters. The van der Waals surface area contributed by atoms with Gasteiger partial charge >= 0.3 is 0 Å². The molecule has 2 aromatic rings. The number of hydrogen-bond acceptors (Lipinski definition) is 5. The number of halogens is 2. The Morgan fingerprint density at radius 2 is 1.84 bits per heavy atom. The summed E-state index contributed by atoms with van der Waals surface area (Å²) < 4.78 is 5.48. The molecule has 0 aromatic heterocycles. The fourth-order valence-electron chi connectivity index (χ4n) is 3.58. The number of carbonyl (C=O) groups excluding carboxylic acids is 2. The highest BCUT2D eigenvalue weighted by atomic mass is 35.5. The molecule has 0 bridgehead atoms. The van der Waals surface area contributed by atoms with Gasteiger partial charge in [0.25, 0.3) is 11.6 Å². The van der Waals surface area contributed by atoms with Crippen LogP contribution in [0.5, 0.6) is 0 Å². The number of nitrogens with zero attached hydrogens (tertiary/aromatic N) is 1.